The molecule has 0 N–H and O–H groups in total. The van der Waals surface area contributed by atoms with E-state index in [-0.39, 0.29) is 24.3 Å². The highest BCUT2D eigenvalue weighted by atomic mass is 32.1. The molecule has 4 heterocycles. The van der Waals surface area contributed by atoms with Crippen molar-refractivity contribution < 1.29 is 14.3 Å². The first kappa shape index (κ1) is 21.7. The van der Waals surface area contributed by atoms with E-state index >= 15 is 0 Å². The quantitative estimate of drug-likeness (QED) is 0.419. The maximum Gasteiger partial charge on any atom is 0.309 e. The van der Waals surface area contributed by atoms with E-state index in [2.05, 4.69) is 20.9 Å². The van der Waals surface area contributed by atoms with Crippen LogP contribution < -0.4 is 4.90 Å². The predicted octanol–water partition coefficient (Wildman–Crippen LogP) is 3.46. The molecule has 0 spiro atoms. The monoisotopic (exact) mass is 449 g/mol. The van der Waals surface area contributed by atoms with Gasteiger partial charge in [0.05, 0.1) is 11.5 Å². The van der Waals surface area contributed by atoms with Crippen LogP contribution in [0.15, 0.2) is 36.0 Å². The minimum Gasteiger partial charge on any atom is -0.457 e. The number of pyridine rings is 1. The van der Waals surface area contributed by atoms with Crippen molar-refractivity contribution >= 4 is 28.9 Å². The predicted molar refractivity (Wildman–Crippen MR) is 120 cm³/mol. The minimum atomic E-state index is -0.334. The van der Waals surface area contributed by atoms with Gasteiger partial charge >= 0.3 is 5.97 Å². The molecular weight excluding hydrogens is 426 g/mol. The number of aryl methyl sites for hydroxylation is 1. The summed E-state index contributed by atoms with van der Waals surface area (Å²) in [4.78, 5) is 36.0. The van der Waals surface area contributed by atoms with Crippen molar-refractivity contribution in [3.05, 3.63) is 58.5 Å². The number of thiazole rings is 1. The Morgan fingerprint density at radius 1 is 1.25 bits per heavy atom. The number of piperidine rings is 1. The number of hydrogen-bond donors (Lipinski definition) is 0. The lowest BCUT2D eigenvalue weighted by molar-refractivity contribution is -0.148. The maximum absolute atomic E-state index is 12.7. The van der Waals surface area contributed by atoms with Crippen molar-refractivity contribution in [3.63, 3.8) is 0 Å². The van der Waals surface area contributed by atoms with Gasteiger partial charge in [0, 0.05) is 47.8 Å². The van der Waals surface area contributed by atoms with Gasteiger partial charge < -0.3 is 9.64 Å². The molecule has 1 aliphatic heterocycles. The lowest BCUT2D eigenvalue weighted by atomic mass is 9.97. The van der Waals surface area contributed by atoms with Gasteiger partial charge in [-0.2, -0.15) is 5.26 Å². The SMILES string of the molecule is Cc1cc(C(=O)COC(=O)C2CCN(c3ccc(C#N)cn3)CC2)c(C)n1-c1nccs1. The Bertz CT molecular complexity index is 1150. The summed E-state index contributed by atoms with van der Waals surface area (Å²) in [7, 11) is 0. The summed E-state index contributed by atoms with van der Waals surface area (Å²) >= 11 is 1.50. The zero-order chi connectivity index (χ0) is 22.7. The molecule has 8 nitrogen and oxygen atoms in total. The maximum atomic E-state index is 12.7. The van der Waals surface area contributed by atoms with Gasteiger partial charge in [0.15, 0.2) is 11.7 Å². The highest BCUT2D eigenvalue weighted by Crippen LogP contribution is 2.24. The van der Waals surface area contributed by atoms with Gasteiger partial charge in [0.2, 0.25) is 5.78 Å². The van der Waals surface area contributed by atoms with Crippen LogP contribution in [0.3, 0.4) is 0 Å². The van der Waals surface area contributed by atoms with Crippen LogP contribution in [0.4, 0.5) is 5.82 Å². The first-order chi connectivity index (χ1) is 15.5. The third-order valence-corrected chi connectivity index (χ3v) is 6.47. The fourth-order valence-electron chi connectivity index (χ4n) is 3.98. The number of Topliss-reactive ketones (excluding diaryl/α,β-unsaturated/α-hetero) is 1. The van der Waals surface area contributed by atoms with Gasteiger partial charge in [0.1, 0.15) is 11.9 Å². The van der Waals surface area contributed by atoms with Crippen LogP contribution in [-0.4, -0.2) is 46.0 Å². The topological polar surface area (TPSA) is 101 Å². The normalized spacial score (nSPS) is 14.2. The fraction of sp³-hybridized carbons (Fsp3) is 0.348. The molecular formula is C23H23N5O3S. The third kappa shape index (κ3) is 4.41. The summed E-state index contributed by atoms with van der Waals surface area (Å²) in [5, 5.41) is 11.6. The van der Waals surface area contributed by atoms with Crippen LogP contribution in [0.5, 0.6) is 0 Å². The third-order valence-electron chi connectivity index (χ3n) is 5.72. The van der Waals surface area contributed by atoms with Gasteiger partial charge in [-0.3, -0.25) is 14.2 Å². The second-order valence-corrected chi connectivity index (χ2v) is 8.62. The van der Waals surface area contributed by atoms with Crippen LogP contribution >= 0.6 is 11.3 Å². The fourth-order valence-corrected chi connectivity index (χ4v) is 4.73. The summed E-state index contributed by atoms with van der Waals surface area (Å²) in [6.07, 6.45) is 4.54. The van der Waals surface area contributed by atoms with Crippen LogP contribution in [0.25, 0.3) is 5.13 Å². The van der Waals surface area contributed by atoms with E-state index in [1.807, 2.05) is 35.9 Å². The van der Waals surface area contributed by atoms with E-state index < -0.39 is 0 Å². The molecule has 0 aromatic carbocycles. The molecule has 1 fully saturated rings. The number of anilines is 1. The Morgan fingerprint density at radius 3 is 2.66 bits per heavy atom. The molecule has 3 aromatic heterocycles. The Morgan fingerprint density at radius 2 is 2.03 bits per heavy atom. The Kier molecular flexibility index (Phi) is 6.32. The summed E-state index contributed by atoms with van der Waals surface area (Å²) in [5.74, 6) is 0.00903. The molecule has 1 saturated heterocycles. The number of nitriles is 1. The van der Waals surface area contributed by atoms with Crippen LogP contribution in [0.2, 0.25) is 0 Å². The van der Waals surface area contributed by atoms with Crippen LogP contribution in [0, 0.1) is 31.1 Å². The van der Waals surface area contributed by atoms with Crippen LogP contribution in [0.1, 0.15) is 40.2 Å². The average molecular weight is 450 g/mol. The standard InChI is InChI=1S/C23H23N5O3S/c1-15-11-19(16(2)28(15)23-25-7-10-32-23)20(29)14-31-22(30)18-5-8-27(9-6-18)21-4-3-17(12-24)13-26-21/h3-4,7,10-11,13,18H,5-6,8-9,14H2,1-2H3. The van der Waals surface area contributed by atoms with E-state index in [0.717, 1.165) is 22.3 Å². The van der Waals surface area contributed by atoms with Crippen molar-refractivity contribution in [2.75, 3.05) is 24.6 Å². The highest BCUT2D eigenvalue weighted by molar-refractivity contribution is 7.12. The average Bonchev–Trinajstić information content (AvgIpc) is 3.44. The summed E-state index contributed by atoms with van der Waals surface area (Å²) in [6.45, 7) is 4.87. The number of nitrogens with zero attached hydrogens (tertiary/aromatic N) is 5. The molecule has 0 aliphatic carbocycles. The van der Waals surface area contributed by atoms with Gasteiger partial charge in [-0.15, -0.1) is 11.3 Å². The molecule has 0 atom stereocenters. The zero-order valence-corrected chi connectivity index (χ0v) is 18.8. The number of hydrogen-bond acceptors (Lipinski definition) is 8. The molecule has 0 unspecified atom stereocenters. The van der Waals surface area contributed by atoms with E-state index in [9.17, 15) is 9.59 Å². The number of carbonyl (C=O) groups excluding carboxylic acids is 2. The summed E-state index contributed by atoms with van der Waals surface area (Å²) in [5.41, 5.74) is 2.77. The van der Waals surface area contributed by atoms with E-state index in [0.29, 0.717) is 37.1 Å². The zero-order valence-electron chi connectivity index (χ0n) is 17.9. The molecule has 0 bridgehead atoms. The molecule has 9 heteroatoms. The molecule has 164 valence electrons. The lowest BCUT2D eigenvalue weighted by Gasteiger charge is -2.31. The van der Waals surface area contributed by atoms with Crippen LogP contribution in [-0.2, 0) is 9.53 Å². The van der Waals surface area contributed by atoms with Crippen molar-refractivity contribution in [2.45, 2.75) is 26.7 Å². The highest BCUT2D eigenvalue weighted by Gasteiger charge is 2.28. The first-order valence-corrected chi connectivity index (χ1v) is 11.3. The number of carbonyl (C=O) groups is 2. The van der Waals surface area contributed by atoms with Gasteiger partial charge in [0.25, 0.3) is 0 Å². The van der Waals surface area contributed by atoms with Gasteiger partial charge in [-0.1, -0.05) is 0 Å². The van der Waals surface area contributed by atoms with Crippen molar-refractivity contribution in [3.8, 4) is 11.2 Å². The molecule has 0 radical (unpaired) electrons. The molecule has 3 aromatic rings. The van der Waals surface area contributed by atoms with Crippen molar-refractivity contribution in [1.82, 2.24) is 14.5 Å². The molecule has 4 rings (SSSR count). The number of ketones is 1. The summed E-state index contributed by atoms with van der Waals surface area (Å²) in [6, 6.07) is 7.42. The van der Waals surface area contributed by atoms with Crippen molar-refractivity contribution in [1.29, 1.82) is 5.26 Å². The first-order valence-electron chi connectivity index (χ1n) is 10.4. The minimum absolute atomic E-state index is 0.214. The largest absolute Gasteiger partial charge is 0.457 e. The number of rotatable bonds is 6. The summed E-state index contributed by atoms with van der Waals surface area (Å²) < 4.78 is 7.32. The number of aromatic nitrogens is 3. The number of esters is 1. The Labute approximate surface area is 190 Å². The lowest BCUT2D eigenvalue weighted by Crippen LogP contribution is -2.37. The van der Waals surface area contributed by atoms with E-state index in [4.69, 9.17) is 10.00 Å². The second kappa shape index (κ2) is 9.32. The second-order valence-electron chi connectivity index (χ2n) is 7.74. The van der Waals surface area contributed by atoms with Crippen molar-refractivity contribution in [2.24, 2.45) is 5.92 Å². The molecule has 0 amide bonds. The van der Waals surface area contributed by atoms with Gasteiger partial charge in [-0.25, -0.2) is 9.97 Å². The Hall–Kier alpha value is -3.51. The van der Waals surface area contributed by atoms with E-state index in [1.54, 1.807) is 18.5 Å². The number of ether oxygens (including phenoxy) is 1. The molecule has 0 saturated carbocycles. The smallest absolute Gasteiger partial charge is 0.309 e. The van der Waals surface area contributed by atoms with E-state index in [1.165, 1.54) is 11.3 Å². The Balaban J connectivity index is 1.31. The molecule has 1 aliphatic rings. The molecule has 32 heavy (non-hydrogen) atoms. The van der Waals surface area contributed by atoms with Gasteiger partial charge in [-0.05, 0) is 44.9 Å².